The number of hydrogen-bond acceptors (Lipinski definition) is 4. The highest BCUT2D eigenvalue weighted by molar-refractivity contribution is 9.10. The van der Waals surface area contributed by atoms with Crippen LogP contribution in [-0.2, 0) is 6.54 Å². The lowest BCUT2D eigenvalue weighted by Gasteiger charge is -2.14. The molecule has 0 saturated carbocycles. The smallest absolute Gasteiger partial charge is 0.272 e. The maximum absolute atomic E-state index is 12.9. The average molecular weight is 539 g/mol. The van der Waals surface area contributed by atoms with E-state index in [1.54, 1.807) is 42.5 Å². The number of amides is 2. The van der Waals surface area contributed by atoms with Crippen molar-refractivity contribution in [2.24, 2.45) is 5.73 Å². The number of alkyl halides is 2. The van der Waals surface area contributed by atoms with Gasteiger partial charge < -0.3 is 21.1 Å². The molecule has 0 aliphatic heterocycles. The molecule has 3 rings (SSSR count). The summed E-state index contributed by atoms with van der Waals surface area (Å²) in [6.45, 7) is -0.653. The first kappa shape index (κ1) is 24.6. The maximum atomic E-state index is 12.9. The molecule has 0 bridgehead atoms. The van der Waals surface area contributed by atoms with Crippen molar-refractivity contribution in [2.45, 2.75) is 13.0 Å². The number of nitrogens with two attached hydrogens (primary N) is 1. The largest absolute Gasteiger partial charge is 0.487 e. The third-order valence-corrected chi connectivity index (χ3v) is 5.32. The van der Waals surface area contributed by atoms with Gasteiger partial charge in [-0.15, -0.1) is 0 Å². The Balaban J connectivity index is 1.87. The molecule has 0 spiro atoms. The fourth-order valence-corrected chi connectivity index (χ4v) is 3.34. The van der Waals surface area contributed by atoms with Crippen LogP contribution in [0.25, 0.3) is 0 Å². The third-order valence-electron chi connectivity index (χ3n) is 4.46. The molecule has 0 fully saturated rings. The van der Waals surface area contributed by atoms with E-state index in [9.17, 15) is 18.4 Å². The summed E-state index contributed by atoms with van der Waals surface area (Å²) in [6, 6.07) is 15.8. The van der Waals surface area contributed by atoms with Crippen molar-refractivity contribution in [1.29, 1.82) is 0 Å². The van der Waals surface area contributed by atoms with E-state index in [2.05, 4.69) is 26.6 Å². The second kappa shape index (κ2) is 11.2. The van der Waals surface area contributed by atoms with Gasteiger partial charge in [-0.2, -0.15) is 0 Å². The van der Waals surface area contributed by atoms with Crippen LogP contribution in [-0.4, -0.2) is 24.8 Å². The van der Waals surface area contributed by atoms with Crippen LogP contribution in [0, 0.1) is 0 Å². The molecule has 172 valence electrons. The molecule has 6 nitrogen and oxygen atoms in total. The van der Waals surface area contributed by atoms with Crippen LogP contribution in [0.3, 0.4) is 0 Å². The van der Waals surface area contributed by atoms with Crippen LogP contribution in [0.15, 0.2) is 65.1 Å². The van der Waals surface area contributed by atoms with Gasteiger partial charge in [-0.1, -0.05) is 33.6 Å². The number of halogens is 4. The van der Waals surface area contributed by atoms with Gasteiger partial charge in [0.1, 0.15) is 12.4 Å². The van der Waals surface area contributed by atoms with Gasteiger partial charge in [0.2, 0.25) is 0 Å². The SMILES string of the molecule is NCc1ccc(Cl)c(C(=O)Nc2ccc(OCC(F)F)c(C(=O)Nc3ccc(Br)cc3)c2)c1. The van der Waals surface area contributed by atoms with Crippen molar-refractivity contribution < 1.29 is 23.1 Å². The summed E-state index contributed by atoms with van der Waals surface area (Å²) in [5.74, 6) is -1.16. The molecular formula is C23H19BrClF2N3O3. The molecule has 10 heteroatoms. The highest BCUT2D eigenvalue weighted by Crippen LogP contribution is 2.26. The molecule has 3 aromatic carbocycles. The zero-order chi connectivity index (χ0) is 24.0. The quantitative estimate of drug-likeness (QED) is 0.342. The Morgan fingerprint density at radius 2 is 1.58 bits per heavy atom. The predicted octanol–water partition coefficient (Wildman–Crippen LogP) is 5.71. The Kier molecular flexibility index (Phi) is 8.37. The minimum absolute atomic E-state index is 0.0295. The number of benzene rings is 3. The van der Waals surface area contributed by atoms with Crippen molar-refractivity contribution >= 4 is 50.7 Å². The minimum Gasteiger partial charge on any atom is -0.487 e. The third kappa shape index (κ3) is 6.74. The molecule has 0 unspecified atom stereocenters. The molecule has 3 aromatic rings. The van der Waals surface area contributed by atoms with Crippen molar-refractivity contribution in [2.75, 3.05) is 17.2 Å². The van der Waals surface area contributed by atoms with Gasteiger partial charge in [0.05, 0.1) is 16.1 Å². The normalized spacial score (nSPS) is 10.7. The Morgan fingerprint density at radius 3 is 2.24 bits per heavy atom. The van der Waals surface area contributed by atoms with E-state index in [-0.39, 0.29) is 34.1 Å². The molecule has 4 N–H and O–H groups in total. The fraction of sp³-hybridized carbons (Fsp3) is 0.130. The molecule has 0 aliphatic rings. The lowest BCUT2D eigenvalue weighted by molar-refractivity contribution is 0.0803. The van der Waals surface area contributed by atoms with E-state index in [1.165, 1.54) is 18.2 Å². The second-order valence-corrected chi connectivity index (χ2v) is 8.17. The number of rotatable bonds is 8. The van der Waals surface area contributed by atoms with Crippen LogP contribution in [0.4, 0.5) is 20.2 Å². The first-order valence-electron chi connectivity index (χ1n) is 9.68. The van der Waals surface area contributed by atoms with E-state index in [0.717, 1.165) is 10.0 Å². The van der Waals surface area contributed by atoms with Gasteiger partial charge in [0.25, 0.3) is 18.2 Å². The second-order valence-electron chi connectivity index (χ2n) is 6.85. The first-order valence-corrected chi connectivity index (χ1v) is 10.9. The monoisotopic (exact) mass is 537 g/mol. The van der Waals surface area contributed by atoms with Crippen LogP contribution in [0.5, 0.6) is 5.75 Å². The highest BCUT2D eigenvalue weighted by atomic mass is 79.9. The maximum Gasteiger partial charge on any atom is 0.272 e. The molecule has 0 saturated heterocycles. The molecular weight excluding hydrogens is 520 g/mol. The summed E-state index contributed by atoms with van der Waals surface area (Å²) >= 11 is 9.44. The van der Waals surface area contributed by atoms with E-state index in [1.807, 2.05) is 0 Å². The number of carbonyl (C=O) groups excluding carboxylic acids is 2. The molecule has 33 heavy (non-hydrogen) atoms. The number of ether oxygens (including phenoxy) is 1. The van der Waals surface area contributed by atoms with Gasteiger partial charge in [-0.3, -0.25) is 9.59 Å². The molecule has 0 aromatic heterocycles. The lowest BCUT2D eigenvalue weighted by atomic mass is 10.1. The summed E-state index contributed by atoms with van der Waals surface area (Å²) < 4.78 is 31.3. The number of hydrogen-bond donors (Lipinski definition) is 3. The van der Waals surface area contributed by atoms with E-state index in [0.29, 0.717) is 5.69 Å². The average Bonchev–Trinajstić information content (AvgIpc) is 2.79. The van der Waals surface area contributed by atoms with Crippen molar-refractivity contribution in [1.82, 2.24) is 0 Å². The van der Waals surface area contributed by atoms with Gasteiger partial charge in [-0.05, 0) is 60.2 Å². The molecule has 2 amide bonds. The zero-order valence-corrected chi connectivity index (χ0v) is 19.4. The number of anilines is 2. The summed E-state index contributed by atoms with van der Waals surface area (Å²) in [6.07, 6.45) is -2.72. The topological polar surface area (TPSA) is 93.5 Å². The van der Waals surface area contributed by atoms with Crippen molar-refractivity contribution in [3.8, 4) is 5.75 Å². The summed E-state index contributed by atoms with van der Waals surface area (Å²) in [5, 5.41) is 5.56. The summed E-state index contributed by atoms with van der Waals surface area (Å²) in [4.78, 5) is 25.6. The van der Waals surface area contributed by atoms with Crippen molar-refractivity contribution in [3.63, 3.8) is 0 Å². The van der Waals surface area contributed by atoms with Crippen LogP contribution >= 0.6 is 27.5 Å². The van der Waals surface area contributed by atoms with Crippen LogP contribution < -0.4 is 21.1 Å². The Bertz CT molecular complexity index is 1160. The number of nitrogens with one attached hydrogen (secondary N) is 2. The van der Waals surface area contributed by atoms with Gasteiger partial charge in [-0.25, -0.2) is 8.78 Å². The molecule has 0 heterocycles. The summed E-state index contributed by atoms with van der Waals surface area (Å²) in [7, 11) is 0. The first-order chi connectivity index (χ1) is 15.8. The minimum atomic E-state index is -2.72. The lowest BCUT2D eigenvalue weighted by Crippen LogP contribution is -2.17. The van der Waals surface area contributed by atoms with Gasteiger partial charge >= 0.3 is 0 Å². The Hall–Kier alpha value is -3.01. The number of carbonyl (C=O) groups is 2. The van der Waals surface area contributed by atoms with Gasteiger partial charge in [0.15, 0.2) is 0 Å². The van der Waals surface area contributed by atoms with E-state index >= 15 is 0 Å². The van der Waals surface area contributed by atoms with Crippen molar-refractivity contribution in [3.05, 3.63) is 86.8 Å². The Morgan fingerprint density at radius 1 is 0.939 bits per heavy atom. The molecule has 0 atom stereocenters. The zero-order valence-electron chi connectivity index (χ0n) is 17.1. The molecule has 0 aliphatic carbocycles. The van der Waals surface area contributed by atoms with E-state index < -0.39 is 24.8 Å². The molecule has 0 radical (unpaired) electrons. The van der Waals surface area contributed by atoms with E-state index in [4.69, 9.17) is 22.1 Å². The fourth-order valence-electron chi connectivity index (χ4n) is 2.87. The van der Waals surface area contributed by atoms with Crippen LogP contribution in [0.2, 0.25) is 5.02 Å². The van der Waals surface area contributed by atoms with Crippen LogP contribution in [0.1, 0.15) is 26.3 Å². The Labute approximate surface area is 202 Å². The predicted molar refractivity (Wildman–Crippen MR) is 127 cm³/mol. The standard InChI is InChI=1S/C23H19BrClF2N3O3/c24-14-2-4-15(5-3-14)29-23(32)18-10-16(6-8-20(18)33-12-21(26)27)30-22(31)17-9-13(11-28)1-7-19(17)25/h1-10,21H,11-12,28H2,(H,29,32)(H,30,31). The van der Waals surface area contributed by atoms with Gasteiger partial charge in [0, 0.05) is 22.4 Å². The highest BCUT2D eigenvalue weighted by Gasteiger charge is 2.18. The summed E-state index contributed by atoms with van der Waals surface area (Å²) in [5.41, 5.74) is 7.26.